The summed E-state index contributed by atoms with van der Waals surface area (Å²) in [6.45, 7) is 2.68. The molecule has 7 N–H and O–H groups in total. The van der Waals surface area contributed by atoms with Gasteiger partial charge in [-0.05, 0) is 6.42 Å². The van der Waals surface area contributed by atoms with Crippen LogP contribution in [0.15, 0.2) is 0 Å². The molecule has 0 saturated carbocycles. The highest BCUT2D eigenvalue weighted by atomic mass is 16.5. The molecular formula is C24H43N3O9. The minimum absolute atomic E-state index is 0.153. The molecule has 1 fully saturated rings. The molecule has 3 amide bonds. The average Bonchev–Trinajstić information content (AvgIpc) is 2.81. The van der Waals surface area contributed by atoms with Crippen molar-refractivity contribution >= 4 is 23.7 Å². The van der Waals surface area contributed by atoms with Crippen molar-refractivity contribution in [1.82, 2.24) is 16.0 Å². The Labute approximate surface area is 212 Å². The van der Waals surface area contributed by atoms with Crippen LogP contribution >= 0.6 is 0 Å². The summed E-state index contributed by atoms with van der Waals surface area (Å²) in [4.78, 5) is 47.8. The van der Waals surface area contributed by atoms with Crippen molar-refractivity contribution in [2.75, 3.05) is 6.61 Å². The SMILES string of the molecule is CCCCCCCCCCCC(=O)NC(CC(=O)N[C@@H]1O[C@H](CO)[C@@H](O)[C@H](O)[C@H]1NC(C)=O)C(=O)O. The number of carbonyl (C=O) groups is 4. The van der Waals surface area contributed by atoms with Crippen molar-refractivity contribution in [3.05, 3.63) is 0 Å². The summed E-state index contributed by atoms with van der Waals surface area (Å²) in [5.41, 5.74) is 0. The minimum Gasteiger partial charge on any atom is -0.480 e. The second-order valence-electron chi connectivity index (χ2n) is 9.29. The molecule has 1 saturated heterocycles. The predicted octanol–water partition coefficient (Wildman–Crippen LogP) is -0.0733. The maximum atomic E-state index is 12.5. The lowest BCUT2D eigenvalue weighted by atomic mass is 9.95. The highest BCUT2D eigenvalue weighted by Crippen LogP contribution is 2.20. The quantitative estimate of drug-likeness (QED) is 0.129. The molecule has 0 spiro atoms. The van der Waals surface area contributed by atoms with E-state index in [2.05, 4.69) is 22.9 Å². The van der Waals surface area contributed by atoms with E-state index < -0.39 is 73.3 Å². The van der Waals surface area contributed by atoms with Crippen LogP contribution in [0.5, 0.6) is 0 Å². The van der Waals surface area contributed by atoms with Crippen molar-refractivity contribution in [1.29, 1.82) is 0 Å². The van der Waals surface area contributed by atoms with Gasteiger partial charge in [0.1, 0.15) is 30.4 Å². The number of hydrogen-bond donors (Lipinski definition) is 7. The standard InChI is InChI=1S/C24H43N3O9/c1-3-4-5-6-7-8-9-10-11-12-18(30)26-16(24(34)35)13-19(31)27-23-20(25-15(2)29)22(33)21(32)17(14-28)36-23/h16-17,20-23,28,32-33H,3-14H2,1-2H3,(H,25,29)(H,26,30)(H,27,31)(H,34,35)/t16?,17-,20-,21-,22-,23-/m1/s1. The van der Waals surface area contributed by atoms with Crippen molar-refractivity contribution in [2.45, 2.75) is 121 Å². The fourth-order valence-electron chi connectivity index (χ4n) is 4.10. The smallest absolute Gasteiger partial charge is 0.326 e. The van der Waals surface area contributed by atoms with Gasteiger partial charge < -0.3 is 41.1 Å². The van der Waals surface area contributed by atoms with Gasteiger partial charge in [-0.1, -0.05) is 58.3 Å². The number of carboxylic acid groups (broad SMARTS) is 1. The van der Waals surface area contributed by atoms with Crippen LogP contribution in [0.3, 0.4) is 0 Å². The second-order valence-corrected chi connectivity index (χ2v) is 9.29. The summed E-state index contributed by atoms with van der Waals surface area (Å²) in [5.74, 6) is -3.26. The first-order chi connectivity index (χ1) is 17.1. The third-order valence-electron chi connectivity index (χ3n) is 6.13. The zero-order chi connectivity index (χ0) is 27.1. The van der Waals surface area contributed by atoms with Gasteiger partial charge in [0.15, 0.2) is 6.23 Å². The summed E-state index contributed by atoms with van der Waals surface area (Å²) in [6.07, 6.45) is 3.57. The summed E-state index contributed by atoms with van der Waals surface area (Å²) >= 11 is 0. The van der Waals surface area contributed by atoms with Crippen LogP contribution < -0.4 is 16.0 Å². The third-order valence-corrected chi connectivity index (χ3v) is 6.13. The number of aliphatic hydroxyl groups is 3. The number of nitrogens with one attached hydrogen (secondary N) is 3. The normalized spacial score (nSPS) is 24.5. The zero-order valence-corrected chi connectivity index (χ0v) is 21.3. The van der Waals surface area contributed by atoms with E-state index in [1.165, 1.54) is 39.0 Å². The number of carbonyl (C=O) groups excluding carboxylic acids is 3. The molecule has 6 atom stereocenters. The predicted molar refractivity (Wildman–Crippen MR) is 130 cm³/mol. The van der Waals surface area contributed by atoms with Gasteiger partial charge in [-0.3, -0.25) is 14.4 Å². The Morgan fingerprint density at radius 2 is 1.44 bits per heavy atom. The number of unbranched alkanes of at least 4 members (excludes halogenated alkanes) is 8. The molecule has 1 unspecified atom stereocenters. The first kappa shape index (κ1) is 31.7. The van der Waals surface area contributed by atoms with Crippen LogP contribution in [0.25, 0.3) is 0 Å². The minimum atomic E-state index is -1.56. The number of rotatable bonds is 17. The van der Waals surface area contributed by atoms with E-state index in [1.54, 1.807) is 0 Å². The van der Waals surface area contributed by atoms with Gasteiger partial charge in [0.05, 0.1) is 13.0 Å². The van der Waals surface area contributed by atoms with Gasteiger partial charge in [0, 0.05) is 13.3 Å². The summed E-state index contributed by atoms with van der Waals surface area (Å²) in [5, 5.41) is 46.2. The molecule has 12 heteroatoms. The second kappa shape index (κ2) is 17.2. The molecule has 0 aromatic heterocycles. The molecule has 0 bridgehead atoms. The van der Waals surface area contributed by atoms with E-state index in [4.69, 9.17) is 4.74 Å². The fraction of sp³-hybridized carbons (Fsp3) is 0.833. The van der Waals surface area contributed by atoms with Gasteiger partial charge in [0.2, 0.25) is 17.7 Å². The van der Waals surface area contributed by atoms with Gasteiger partial charge in [-0.2, -0.15) is 0 Å². The number of ether oxygens (including phenoxy) is 1. The Morgan fingerprint density at radius 3 is 1.97 bits per heavy atom. The first-order valence-corrected chi connectivity index (χ1v) is 12.8. The molecule has 36 heavy (non-hydrogen) atoms. The van der Waals surface area contributed by atoms with E-state index in [-0.39, 0.29) is 6.42 Å². The Morgan fingerprint density at radius 1 is 0.861 bits per heavy atom. The molecule has 1 aliphatic rings. The van der Waals surface area contributed by atoms with Gasteiger partial charge in [0.25, 0.3) is 0 Å². The van der Waals surface area contributed by atoms with Crippen LogP contribution in [0, 0.1) is 0 Å². The van der Waals surface area contributed by atoms with Gasteiger partial charge in [-0.25, -0.2) is 4.79 Å². The lowest BCUT2D eigenvalue weighted by Gasteiger charge is -2.42. The molecule has 1 heterocycles. The van der Waals surface area contributed by atoms with Crippen molar-refractivity contribution in [2.24, 2.45) is 0 Å². The summed E-state index contributed by atoms with van der Waals surface area (Å²) < 4.78 is 5.40. The number of hydrogen-bond acceptors (Lipinski definition) is 8. The topological polar surface area (TPSA) is 195 Å². The lowest BCUT2D eigenvalue weighted by Crippen LogP contribution is -2.68. The Kier molecular flexibility index (Phi) is 15.2. The molecule has 0 radical (unpaired) electrons. The molecule has 12 nitrogen and oxygen atoms in total. The lowest BCUT2D eigenvalue weighted by molar-refractivity contribution is -0.203. The van der Waals surface area contributed by atoms with E-state index in [1.807, 2.05) is 0 Å². The number of carboxylic acids is 1. The van der Waals surface area contributed by atoms with Crippen molar-refractivity contribution in [3.63, 3.8) is 0 Å². The summed E-state index contributed by atoms with van der Waals surface area (Å²) in [6, 6.07) is -2.73. The van der Waals surface area contributed by atoms with Crippen molar-refractivity contribution < 1.29 is 44.3 Å². The molecule has 1 rings (SSSR count). The van der Waals surface area contributed by atoms with Crippen LogP contribution in [-0.2, 0) is 23.9 Å². The van der Waals surface area contributed by atoms with E-state index in [0.717, 1.165) is 19.3 Å². The first-order valence-electron chi connectivity index (χ1n) is 12.8. The Bertz CT molecular complexity index is 706. The molecular weight excluding hydrogens is 474 g/mol. The maximum Gasteiger partial charge on any atom is 0.326 e. The number of amides is 3. The van der Waals surface area contributed by atoms with E-state index in [0.29, 0.717) is 6.42 Å². The van der Waals surface area contributed by atoms with Crippen LogP contribution in [0.4, 0.5) is 0 Å². The largest absolute Gasteiger partial charge is 0.480 e. The molecule has 0 aromatic carbocycles. The monoisotopic (exact) mass is 517 g/mol. The Balaban J connectivity index is 2.52. The molecule has 208 valence electrons. The molecule has 0 aromatic rings. The zero-order valence-electron chi connectivity index (χ0n) is 21.3. The number of aliphatic carboxylic acids is 1. The van der Waals surface area contributed by atoms with Crippen LogP contribution in [-0.4, -0.2) is 87.3 Å². The highest BCUT2D eigenvalue weighted by Gasteiger charge is 2.45. The van der Waals surface area contributed by atoms with Crippen molar-refractivity contribution in [3.8, 4) is 0 Å². The van der Waals surface area contributed by atoms with E-state index >= 15 is 0 Å². The molecule has 0 aliphatic carbocycles. The number of aliphatic hydroxyl groups excluding tert-OH is 3. The summed E-state index contributed by atoms with van der Waals surface area (Å²) in [7, 11) is 0. The third kappa shape index (κ3) is 11.6. The van der Waals surface area contributed by atoms with Gasteiger partial charge >= 0.3 is 5.97 Å². The van der Waals surface area contributed by atoms with Gasteiger partial charge in [-0.15, -0.1) is 0 Å². The molecule has 1 aliphatic heterocycles. The Hall–Kier alpha value is -2.28. The van der Waals surface area contributed by atoms with Crippen LogP contribution in [0.1, 0.15) is 84.5 Å². The highest BCUT2D eigenvalue weighted by molar-refractivity contribution is 5.88. The fourth-order valence-corrected chi connectivity index (χ4v) is 4.10. The maximum absolute atomic E-state index is 12.5. The van der Waals surface area contributed by atoms with Crippen LogP contribution in [0.2, 0.25) is 0 Å². The van der Waals surface area contributed by atoms with E-state index in [9.17, 15) is 39.6 Å². The average molecular weight is 518 g/mol.